The molecular weight excluding hydrogens is 262 g/mol. The first-order valence-corrected chi connectivity index (χ1v) is 5.61. The highest BCUT2D eigenvalue weighted by atomic mass is 16.5. The second kappa shape index (κ2) is 4.92. The fraction of sp³-hybridized carbons (Fsp3) is 0.0833. The van der Waals surface area contributed by atoms with Crippen LogP contribution in [0.15, 0.2) is 35.4 Å². The Balaban J connectivity index is 1.97. The van der Waals surface area contributed by atoms with E-state index < -0.39 is 0 Å². The Hall–Kier alpha value is -3.03. The molecule has 0 aliphatic heterocycles. The number of pyridine rings is 1. The standard InChI is InChI=1S/C12H9N5O3/c1-19-10-3-9(14-6-15-10)11-16-12(20-17-11)7-2-8(18)5-13-4-7/h2-6,18H,1H3. The first-order valence-electron chi connectivity index (χ1n) is 5.61. The predicted molar refractivity (Wildman–Crippen MR) is 66.8 cm³/mol. The molecule has 3 aromatic heterocycles. The Bertz CT molecular complexity index is 743. The molecule has 1 N–H and O–H groups in total. The minimum atomic E-state index is 0.0194. The van der Waals surface area contributed by atoms with Crippen molar-refractivity contribution in [2.45, 2.75) is 0 Å². The van der Waals surface area contributed by atoms with E-state index in [1.807, 2.05) is 0 Å². The van der Waals surface area contributed by atoms with Crippen LogP contribution in [0, 0.1) is 0 Å². The lowest BCUT2D eigenvalue weighted by Crippen LogP contribution is -1.91. The molecule has 0 aliphatic rings. The minimum Gasteiger partial charge on any atom is -0.506 e. The maximum atomic E-state index is 9.38. The highest BCUT2D eigenvalue weighted by Gasteiger charge is 2.13. The third-order valence-corrected chi connectivity index (χ3v) is 2.48. The SMILES string of the molecule is COc1cc(-c2noc(-c3cncc(O)c3)n2)ncn1. The third kappa shape index (κ3) is 2.26. The van der Waals surface area contributed by atoms with E-state index in [-0.39, 0.29) is 11.6 Å². The summed E-state index contributed by atoms with van der Waals surface area (Å²) in [6.45, 7) is 0. The van der Waals surface area contributed by atoms with Gasteiger partial charge < -0.3 is 14.4 Å². The monoisotopic (exact) mass is 271 g/mol. The fourth-order valence-corrected chi connectivity index (χ4v) is 1.56. The Labute approximate surface area is 113 Å². The van der Waals surface area contributed by atoms with E-state index in [1.54, 1.807) is 6.07 Å². The number of nitrogens with zero attached hydrogens (tertiary/aromatic N) is 5. The van der Waals surface area contributed by atoms with Gasteiger partial charge in [0.1, 0.15) is 17.8 Å². The quantitative estimate of drug-likeness (QED) is 0.759. The molecule has 0 saturated carbocycles. The summed E-state index contributed by atoms with van der Waals surface area (Å²) in [5.41, 5.74) is 0.990. The summed E-state index contributed by atoms with van der Waals surface area (Å²) >= 11 is 0. The molecule has 0 spiro atoms. The number of ether oxygens (including phenoxy) is 1. The smallest absolute Gasteiger partial charge is 0.259 e. The zero-order chi connectivity index (χ0) is 13.9. The number of aromatic hydroxyl groups is 1. The number of methoxy groups -OCH3 is 1. The van der Waals surface area contributed by atoms with Crippen molar-refractivity contribution in [1.82, 2.24) is 25.1 Å². The maximum absolute atomic E-state index is 9.38. The molecule has 0 bridgehead atoms. The Morgan fingerprint density at radius 1 is 1.20 bits per heavy atom. The molecule has 3 aromatic rings. The molecule has 0 radical (unpaired) electrons. The van der Waals surface area contributed by atoms with Crippen LogP contribution in [-0.2, 0) is 0 Å². The van der Waals surface area contributed by atoms with Crippen molar-refractivity contribution in [3.8, 4) is 34.6 Å². The second-order valence-electron chi connectivity index (χ2n) is 3.80. The van der Waals surface area contributed by atoms with Crippen LogP contribution in [0.4, 0.5) is 0 Å². The van der Waals surface area contributed by atoms with Gasteiger partial charge in [0.15, 0.2) is 0 Å². The van der Waals surface area contributed by atoms with Gasteiger partial charge in [-0.3, -0.25) is 4.98 Å². The van der Waals surface area contributed by atoms with Crippen LogP contribution in [0.2, 0.25) is 0 Å². The van der Waals surface area contributed by atoms with Crippen molar-refractivity contribution in [3.05, 3.63) is 30.9 Å². The first-order chi connectivity index (χ1) is 9.76. The van der Waals surface area contributed by atoms with Crippen LogP contribution >= 0.6 is 0 Å². The van der Waals surface area contributed by atoms with E-state index in [4.69, 9.17) is 9.26 Å². The van der Waals surface area contributed by atoms with E-state index in [0.29, 0.717) is 23.0 Å². The molecule has 0 aromatic carbocycles. The van der Waals surface area contributed by atoms with E-state index in [9.17, 15) is 5.11 Å². The maximum Gasteiger partial charge on any atom is 0.259 e. The number of hydrogen-bond acceptors (Lipinski definition) is 8. The van der Waals surface area contributed by atoms with Crippen molar-refractivity contribution in [2.75, 3.05) is 7.11 Å². The zero-order valence-electron chi connectivity index (χ0n) is 10.4. The van der Waals surface area contributed by atoms with Crippen molar-refractivity contribution in [2.24, 2.45) is 0 Å². The van der Waals surface area contributed by atoms with Gasteiger partial charge in [-0.05, 0) is 6.07 Å². The second-order valence-corrected chi connectivity index (χ2v) is 3.80. The number of hydrogen-bond donors (Lipinski definition) is 1. The van der Waals surface area contributed by atoms with Gasteiger partial charge in [-0.25, -0.2) is 9.97 Å². The van der Waals surface area contributed by atoms with Gasteiger partial charge in [0.25, 0.3) is 5.89 Å². The van der Waals surface area contributed by atoms with Gasteiger partial charge in [0, 0.05) is 12.3 Å². The minimum absolute atomic E-state index is 0.0194. The molecule has 8 nitrogen and oxygen atoms in total. The Morgan fingerprint density at radius 3 is 2.90 bits per heavy atom. The molecule has 100 valence electrons. The molecule has 0 atom stereocenters. The average Bonchev–Trinajstić information content (AvgIpc) is 2.97. The summed E-state index contributed by atoms with van der Waals surface area (Å²) in [5, 5.41) is 13.2. The lowest BCUT2D eigenvalue weighted by Gasteiger charge is -1.97. The van der Waals surface area contributed by atoms with Crippen LogP contribution in [0.5, 0.6) is 11.6 Å². The van der Waals surface area contributed by atoms with Gasteiger partial charge >= 0.3 is 0 Å². The van der Waals surface area contributed by atoms with E-state index in [2.05, 4.69) is 25.1 Å². The summed E-state index contributed by atoms with van der Waals surface area (Å²) in [6, 6.07) is 3.07. The van der Waals surface area contributed by atoms with Crippen LogP contribution in [-0.4, -0.2) is 37.3 Å². The number of rotatable bonds is 3. The molecule has 0 aliphatic carbocycles. The molecule has 0 unspecified atom stereocenters. The Morgan fingerprint density at radius 2 is 2.10 bits per heavy atom. The predicted octanol–water partition coefficient (Wildman–Crippen LogP) is 1.30. The van der Waals surface area contributed by atoms with Crippen LogP contribution in [0.3, 0.4) is 0 Å². The normalized spacial score (nSPS) is 10.4. The van der Waals surface area contributed by atoms with Gasteiger partial charge in [0.05, 0.1) is 18.9 Å². The molecule has 8 heteroatoms. The number of aromatic nitrogens is 5. The summed E-state index contributed by atoms with van der Waals surface area (Å²) < 4.78 is 10.1. The van der Waals surface area contributed by atoms with Crippen molar-refractivity contribution < 1.29 is 14.4 Å². The fourth-order valence-electron chi connectivity index (χ4n) is 1.56. The van der Waals surface area contributed by atoms with Crippen molar-refractivity contribution in [1.29, 1.82) is 0 Å². The van der Waals surface area contributed by atoms with Crippen molar-refractivity contribution >= 4 is 0 Å². The van der Waals surface area contributed by atoms with E-state index in [1.165, 1.54) is 31.9 Å². The zero-order valence-corrected chi connectivity index (χ0v) is 10.4. The van der Waals surface area contributed by atoms with Crippen molar-refractivity contribution in [3.63, 3.8) is 0 Å². The molecule has 3 rings (SSSR count). The first kappa shape index (κ1) is 12.0. The largest absolute Gasteiger partial charge is 0.506 e. The third-order valence-electron chi connectivity index (χ3n) is 2.48. The Kier molecular flexibility index (Phi) is 2.96. The van der Waals surface area contributed by atoms with E-state index >= 15 is 0 Å². The van der Waals surface area contributed by atoms with Crippen LogP contribution in [0.1, 0.15) is 0 Å². The van der Waals surface area contributed by atoms with Crippen LogP contribution in [0.25, 0.3) is 23.0 Å². The summed E-state index contributed by atoms with van der Waals surface area (Å²) in [6.07, 6.45) is 4.17. The van der Waals surface area contributed by atoms with Crippen LogP contribution < -0.4 is 4.74 Å². The lowest BCUT2D eigenvalue weighted by atomic mass is 10.3. The summed E-state index contributed by atoms with van der Waals surface area (Å²) in [5.74, 6) is 0.955. The highest BCUT2D eigenvalue weighted by Crippen LogP contribution is 2.23. The topological polar surface area (TPSA) is 107 Å². The molecule has 3 heterocycles. The lowest BCUT2D eigenvalue weighted by molar-refractivity contribution is 0.397. The molecule has 20 heavy (non-hydrogen) atoms. The molecule has 0 saturated heterocycles. The van der Waals surface area contributed by atoms with Gasteiger partial charge in [0.2, 0.25) is 11.7 Å². The van der Waals surface area contributed by atoms with Gasteiger partial charge in [-0.15, -0.1) is 0 Å². The summed E-state index contributed by atoms with van der Waals surface area (Å²) in [4.78, 5) is 16.0. The highest BCUT2D eigenvalue weighted by molar-refractivity contribution is 5.57. The summed E-state index contributed by atoms with van der Waals surface area (Å²) in [7, 11) is 1.51. The molecular formula is C12H9N5O3. The average molecular weight is 271 g/mol. The van der Waals surface area contributed by atoms with E-state index in [0.717, 1.165) is 0 Å². The molecule has 0 fully saturated rings. The van der Waals surface area contributed by atoms with Gasteiger partial charge in [-0.2, -0.15) is 4.98 Å². The van der Waals surface area contributed by atoms with Gasteiger partial charge in [-0.1, -0.05) is 5.16 Å². The molecule has 0 amide bonds.